The van der Waals surface area contributed by atoms with Gasteiger partial charge in [-0.3, -0.25) is 0 Å². The van der Waals surface area contributed by atoms with E-state index in [2.05, 4.69) is 4.72 Å². The van der Waals surface area contributed by atoms with E-state index < -0.39 is 16.1 Å². The molecule has 1 aliphatic rings. The van der Waals surface area contributed by atoms with E-state index in [1.807, 2.05) is 47.8 Å². The molecule has 0 aliphatic carbocycles. The Morgan fingerprint density at radius 1 is 0.926 bits per heavy atom. The summed E-state index contributed by atoms with van der Waals surface area (Å²) in [6, 6.07) is 17.7. The first-order valence-electron chi connectivity index (χ1n) is 8.64. The van der Waals surface area contributed by atoms with E-state index in [9.17, 15) is 8.42 Å². The van der Waals surface area contributed by atoms with E-state index in [0.29, 0.717) is 24.7 Å². The van der Waals surface area contributed by atoms with Gasteiger partial charge in [0.1, 0.15) is 0 Å². The van der Waals surface area contributed by atoms with Crippen molar-refractivity contribution in [1.82, 2.24) is 4.72 Å². The van der Waals surface area contributed by atoms with Crippen molar-refractivity contribution < 1.29 is 17.9 Å². The van der Waals surface area contributed by atoms with Crippen LogP contribution in [0.1, 0.15) is 22.9 Å². The van der Waals surface area contributed by atoms with Crippen LogP contribution in [0.3, 0.4) is 0 Å². The van der Waals surface area contributed by atoms with Gasteiger partial charge < -0.3 is 9.47 Å². The Morgan fingerprint density at radius 2 is 1.70 bits per heavy atom. The normalized spacial score (nSPS) is 15.1. The van der Waals surface area contributed by atoms with Gasteiger partial charge in [-0.1, -0.05) is 36.4 Å². The Bertz CT molecular complexity index is 1000. The number of ether oxygens (including phenoxy) is 2. The lowest BCUT2D eigenvalue weighted by molar-refractivity contribution is 0.297. The lowest BCUT2D eigenvalue weighted by Crippen LogP contribution is -2.29. The third-order valence-electron chi connectivity index (χ3n) is 4.26. The third-order valence-corrected chi connectivity index (χ3v) is 6.62. The zero-order chi connectivity index (χ0) is 18.7. The average Bonchev–Trinajstić information content (AvgIpc) is 3.11. The SMILES string of the molecule is O=S(=O)(N[C@@H](c1ccccc1)c1cccs1)c1ccc2c(c1)OCCCO2. The molecular weight excluding hydrogens is 382 g/mol. The number of hydrogen-bond acceptors (Lipinski definition) is 5. The number of fused-ring (bicyclic) bond motifs is 1. The molecule has 2 aromatic carbocycles. The Labute approximate surface area is 162 Å². The van der Waals surface area contributed by atoms with E-state index >= 15 is 0 Å². The van der Waals surface area contributed by atoms with E-state index in [-0.39, 0.29) is 4.90 Å². The minimum Gasteiger partial charge on any atom is -0.490 e. The van der Waals surface area contributed by atoms with Crippen molar-refractivity contribution in [2.45, 2.75) is 17.4 Å². The molecule has 5 nitrogen and oxygen atoms in total. The minimum atomic E-state index is -3.76. The number of rotatable bonds is 5. The maximum absolute atomic E-state index is 13.1. The second kappa shape index (κ2) is 7.72. The fraction of sp³-hybridized carbons (Fsp3) is 0.200. The summed E-state index contributed by atoms with van der Waals surface area (Å²) in [5.41, 5.74) is 0.887. The molecule has 1 N–H and O–H groups in total. The number of benzene rings is 2. The van der Waals surface area contributed by atoms with Crippen molar-refractivity contribution in [3.8, 4) is 11.5 Å². The molecule has 0 saturated heterocycles. The molecule has 0 unspecified atom stereocenters. The highest BCUT2D eigenvalue weighted by molar-refractivity contribution is 7.89. The van der Waals surface area contributed by atoms with Crippen molar-refractivity contribution in [3.63, 3.8) is 0 Å². The highest BCUT2D eigenvalue weighted by Crippen LogP contribution is 2.33. The van der Waals surface area contributed by atoms with E-state index in [4.69, 9.17) is 9.47 Å². The molecule has 0 radical (unpaired) electrons. The molecule has 1 aliphatic heterocycles. The first-order valence-corrected chi connectivity index (χ1v) is 11.0. The average molecular weight is 402 g/mol. The fourth-order valence-electron chi connectivity index (χ4n) is 2.93. The van der Waals surface area contributed by atoms with Gasteiger partial charge in [-0.05, 0) is 29.1 Å². The third kappa shape index (κ3) is 4.00. The molecule has 0 amide bonds. The van der Waals surface area contributed by atoms with Gasteiger partial charge in [0.15, 0.2) is 11.5 Å². The molecule has 0 spiro atoms. The molecule has 1 atom stereocenters. The van der Waals surface area contributed by atoms with Gasteiger partial charge in [0.05, 0.1) is 24.2 Å². The summed E-state index contributed by atoms with van der Waals surface area (Å²) in [5.74, 6) is 1.03. The second-order valence-corrected chi connectivity index (χ2v) is 8.83. The maximum atomic E-state index is 13.1. The van der Waals surface area contributed by atoms with E-state index in [1.54, 1.807) is 12.1 Å². The smallest absolute Gasteiger partial charge is 0.241 e. The summed E-state index contributed by atoms with van der Waals surface area (Å²) in [5, 5.41) is 1.94. The first-order chi connectivity index (χ1) is 13.1. The summed E-state index contributed by atoms with van der Waals surface area (Å²) in [4.78, 5) is 1.09. The Kier molecular flexibility index (Phi) is 5.15. The van der Waals surface area contributed by atoms with Crippen LogP contribution >= 0.6 is 11.3 Å². The number of thiophene rings is 1. The zero-order valence-electron chi connectivity index (χ0n) is 14.5. The lowest BCUT2D eigenvalue weighted by atomic mass is 10.1. The van der Waals surface area contributed by atoms with Crippen LogP contribution < -0.4 is 14.2 Å². The predicted molar refractivity (Wildman–Crippen MR) is 105 cm³/mol. The van der Waals surface area contributed by atoms with Gasteiger partial charge in [-0.15, -0.1) is 11.3 Å². The van der Waals surface area contributed by atoms with Gasteiger partial charge in [-0.25, -0.2) is 8.42 Å². The standard InChI is InChI=1S/C20H19NO4S2/c22-27(23,16-9-10-17-18(14-16)25-12-5-11-24-17)21-20(19-8-4-13-26-19)15-6-2-1-3-7-15/h1-4,6-10,13-14,20-21H,5,11-12H2/t20-/m0/s1. The monoisotopic (exact) mass is 401 g/mol. The minimum absolute atomic E-state index is 0.157. The van der Waals surface area contributed by atoms with Crippen LogP contribution in [-0.4, -0.2) is 21.6 Å². The molecule has 0 bridgehead atoms. The highest BCUT2D eigenvalue weighted by atomic mass is 32.2. The summed E-state index contributed by atoms with van der Waals surface area (Å²) < 4.78 is 40.2. The van der Waals surface area contributed by atoms with Gasteiger partial charge >= 0.3 is 0 Å². The van der Waals surface area contributed by atoms with Crippen molar-refractivity contribution in [2.75, 3.05) is 13.2 Å². The van der Waals surface area contributed by atoms with Crippen LogP contribution in [0.15, 0.2) is 70.9 Å². The molecule has 0 fully saturated rings. The van der Waals surface area contributed by atoms with Crippen LogP contribution in [-0.2, 0) is 10.0 Å². The molecular formula is C20H19NO4S2. The quantitative estimate of drug-likeness (QED) is 0.702. The van der Waals surface area contributed by atoms with Crippen molar-refractivity contribution >= 4 is 21.4 Å². The van der Waals surface area contributed by atoms with E-state index in [0.717, 1.165) is 16.9 Å². The van der Waals surface area contributed by atoms with Crippen LogP contribution in [0.4, 0.5) is 0 Å². The van der Waals surface area contributed by atoms with Crippen molar-refractivity contribution in [1.29, 1.82) is 0 Å². The van der Waals surface area contributed by atoms with Crippen LogP contribution in [0, 0.1) is 0 Å². The molecule has 4 rings (SSSR count). The van der Waals surface area contributed by atoms with Crippen LogP contribution in [0.5, 0.6) is 11.5 Å². The molecule has 7 heteroatoms. The Hall–Kier alpha value is -2.35. The second-order valence-electron chi connectivity index (χ2n) is 6.14. The first kappa shape index (κ1) is 18.0. The molecule has 140 valence electrons. The largest absolute Gasteiger partial charge is 0.490 e. The molecule has 2 heterocycles. The number of nitrogens with one attached hydrogen (secondary N) is 1. The Morgan fingerprint density at radius 3 is 2.44 bits per heavy atom. The topological polar surface area (TPSA) is 64.6 Å². The summed E-state index contributed by atoms with van der Waals surface area (Å²) in [6.45, 7) is 1.07. The molecule has 27 heavy (non-hydrogen) atoms. The van der Waals surface area contributed by atoms with Gasteiger partial charge in [-0.2, -0.15) is 4.72 Å². The molecule has 3 aromatic rings. The number of sulfonamides is 1. The van der Waals surface area contributed by atoms with Gasteiger partial charge in [0.2, 0.25) is 10.0 Å². The molecule has 0 saturated carbocycles. The van der Waals surface area contributed by atoms with Crippen LogP contribution in [0.2, 0.25) is 0 Å². The van der Waals surface area contributed by atoms with E-state index in [1.165, 1.54) is 17.4 Å². The predicted octanol–water partition coefficient (Wildman–Crippen LogP) is 3.98. The maximum Gasteiger partial charge on any atom is 0.241 e. The van der Waals surface area contributed by atoms with Gasteiger partial charge in [0.25, 0.3) is 0 Å². The van der Waals surface area contributed by atoms with Crippen LogP contribution in [0.25, 0.3) is 0 Å². The molecule has 1 aromatic heterocycles. The highest BCUT2D eigenvalue weighted by Gasteiger charge is 2.25. The summed E-state index contributed by atoms with van der Waals surface area (Å²) in [6.07, 6.45) is 0.767. The summed E-state index contributed by atoms with van der Waals surface area (Å²) in [7, 11) is -3.76. The summed E-state index contributed by atoms with van der Waals surface area (Å²) >= 11 is 1.52. The van der Waals surface area contributed by atoms with Crippen molar-refractivity contribution in [3.05, 3.63) is 76.5 Å². The van der Waals surface area contributed by atoms with Gasteiger partial charge in [0, 0.05) is 17.4 Å². The fourth-order valence-corrected chi connectivity index (χ4v) is 5.02. The number of hydrogen-bond donors (Lipinski definition) is 1. The zero-order valence-corrected chi connectivity index (χ0v) is 16.1. The lowest BCUT2D eigenvalue weighted by Gasteiger charge is -2.19. The van der Waals surface area contributed by atoms with Crippen molar-refractivity contribution in [2.24, 2.45) is 0 Å². The Balaban J connectivity index is 1.68.